The van der Waals surface area contributed by atoms with E-state index in [1.54, 1.807) is 0 Å². The third kappa shape index (κ3) is 1.70. The molecule has 0 amide bonds. The van der Waals surface area contributed by atoms with Gasteiger partial charge in [-0.3, -0.25) is 0 Å². The van der Waals surface area contributed by atoms with E-state index >= 15 is 0 Å². The molecule has 0 spiro atoms. The third-order valence-corrected chi connectivity index (χ3v) is 3.67. The molecule has 0 aromatic carbocycles. The van der Waals surface area contributed by atoms with Crippen LogP contribution in [-0.4, -0.2) is 6.04 Å². The zero-order valence-corrected chi connectivity index (χ0v) is 8.02. The van der Waals surface area contributed by atoms with Gasteiger partial charge in [0.1, 0.15) is 0 Å². The van der Waals surface area contributed by atoms with Crippen molar-refractivity contribution in [3.63, 3.8) is 0 Å². The summed E-state index contributed by atoms with van der Waals surface area (Å²) in [4.78, 5) is 1.44. The molecule has 1 unspecified atom stereocenters. The van der Waals surface area contributed by atoms with E-state index < -0.39 is 0 Å². The summed E-state index contributed by atoms with van der Waals surface area (Å²) in [6.45, 7) is 0. The fourth-order valence-electron chi connectivity index (χ4n) is 1.70. The Morgan fingerprint density at radius 1 is 1.58 bits per heavy atom. The molecule has 1 heterocycles. The van der Waals surface area contributed by atoms with Gasteiger partial charge in [-0.1, -0.05) is 12.5 Å². The molecule has 1 aliphatic carbocycles. The largest absolute Gasteiger partial charge is 0.327 e. The van der Waals surface area contributed by atoms with Gasteiger partial charge in [0.15, 0.2) is 0 Å². The summed E-state index contributed by atoms with van der Waals surface area (Å²) < 4.78 is 0. The van der Waals surface area contributed by atoms with E-state index in [0.29, 0.717) is 6.04 Å². The zero-order chi connectivity index (χ0) is 8.39. The van der Waals surface area contributed by atoms with Gasteiger partial charge in [0.25, 0.3) is 0 Å². The summed E-state index contributed by atoms with van der Waals surface area (Å²) in [6.07, 6.45) is 5.18. The minimum Gasteiger partial charge on any atom is -0.327 e. The van der Waals surface area contributed by atoms with Gasteiger partial charge >= 0.3 is 0 Å². The lowest BCUT2D eigenvalue weighted by atomic mass is 9.79. The summed E-state index contributed by atoms with van der Waals surface area (Å²) in [7, 11) is 0. The first kappa shape index (κ1) is 8.27. The number of hydrogen-bond donors (Lipinski definition) is 1. The molecular formula is C10H15NS. The molecule has 0 radical (unpaired) electrons. The second-order valence-electron chi connectivity index (χ2n) is 3.64. The summed E-state index contributed by atoms with van der Waals surface area (Å²) >= 11 is 1.82. The molecule has 1 atom stereocenters. The van der Waals surface area contributed by atoms with Gasteiger partial charge in [-0.25, -0.2) is 0 Å². The fourth-order valence-corrected chi connectivity index (χ4v) is 2.47. The smallest absolute Gasteiger partial charge is 0.0116 e. The van der Waals surface area contributed by atoms with Crippen LogP contribution < -0.4 is 5.73 Å². The van der Waals surface area contributed by atoms with Crippen molar-refractivity contribution in [3.05, 3.63) is 22.4 Å². The van der Waals surface area contributed by atoms with E-state index in [0.717, 1.165) is 12.3 Å². The highest BCUT2D eigenvalue weighted by Gasteiger charge is 2.24. The first-order valence-corrected chi connectivity index (χ1v) is 5.52. The van der Waals surface area contributed by atoms with Crippen molar-refractivity contribution in [3.8, 4) is 0 Å². The lowest BCUT2D eigenvalue weighted by molar-refractivity contribution is 0.261. The first-order chi connectivity index (χ1) is 5.86. The molecule has 1 saturated carbocycles. The van der Waals surface area contributed by atoms with Crippen molar-refractivity contribution in [2.45, 2.75) is 31.7 Å². The van der Waals surface area contributed by atoms with Gasteiger partial charge in [0.2, 0.25) is 0 Å². The molecule has 0 bridgehead atoms. The highest BCUT2D eigenvalue weighted by molar-refractivity contribution is 7.09. The van der Waals surface area contributed by atoms with Gasteiger partial charge in [0, 0.05) is 10.9 Å². The molecule has 66 valence electrons. The minimum atomic E-state index is 0.414. The number of thiophene rings is 1. The monoisotopic (exact) mass is 181 g/mol. The Balaban J connectivity index is 1.86. The molecule has 2 N–H and O–H groups in total. The van der Waals surface area contributed by atoms with Crippen molar-refractivity contribution in [1.82, 2.24) is 0 Å². The number of nitrogens with two attached hydrogens (primary N) is 1. The summed E-state index contributed by atoms with van der Waals surface area (Å²) in [5.41, 5.74) is 6.08. The van der Waals surface area contributed by atoms with E-state index in [1.165, 1.54) is 24.1 Å². The lowest BCUT2D eigenvalue weighted by Crippen LogP contribution is -2.36. The second-order valence-corrected chi connectivity index (χ2v) is 4.67. The van der Waals surface area contributed by atoms with Crippen molar-refractivity contribution < 1.29 is 0 Å². The van der Waals surface area contributed by atoms with E-state index in [1.807, 2.05) is 11.3 Å². The minimum absolute atomic E-state index is 0.414. The molecule has 1 fully saturated rings. The quantitative estimate of drug-likeness (QED) is 0.761. The molecule has 1 aliphatic rings. The molecule has 1 nitrogen and oxygen atoms in total. The maximum Gasteiger partial charge on any atom is 0.0116 e. The van der Waals surface area contributed by atoms with Crippen LogP contribution in [0, 0.1) is 5.92 Å². The fraction of sp³-hybridized carbons (Fsp3) is 0.600. The van der Waals surface area contributed by atoms with Crippen molar-refractivity contribution in [2.75, 3.05) is 0 Å². The van der Waals surface area contributed by atoms with Crippen LogP contribution in [0.1, 0.15) is 24.1 Å². The summed E-state index contributed by atoms with van der Waals surface area (Å²) in [6, 6.07) is 4.70. The lowest BCUT2D eigenvalue weighted by Gasteiger charge is -2.30. The Bertz CT molecular complexity index is 226. The topological polar surface area (TPSA) is 26.0 Å². The molecule has 0 saturated heterocycles. The molecule has 1 aromatic heterocycles. The second kappa shape index (κ2) is 3.58. The van der Waals surface area contributed by atoms with Crippen molar-refractivity contribution in [1.29, 1.82) is 0 Å². The van der Waals surface area contributed by atoms with Crippen molar-refractivity contribution >= 4 is 11.3 Å². The Morgan fingerprint density at radius 3 is 2.92 bits per heavy atom. The Morgan fingerprint density at radius 2 is 2.42 bits per heavy atom. The first-order valence-electron chi connectivity index (χ1n) is 4.64. The van der Waals surface area contributed by atoms with Crippen LogP contribution in [0.15, 0.2) is 17.5 Å². The van der Waals surface area contributed by atoms with Crippen LogP contribution in [0.5, 0.6) is 0 Å². The zero-order valence-electron chi connectivity index (χ0n) is 7.20. The molecule has 1 aromatic rings. The van der Waals surface area contributed by atoms with Crippen LogP contribution in [-0.2, 0) is 6.42 Å². The highest BCUT2D eigenvalue weighted by atomic mass is 32.1. The third-order valence-electron chi connectivity index (χ3n) is 2.77. The summed E-state index contributed by atoms with van der Waals surface area (Å²) in [5.74, 6) is 0.812. The van der Waals surface area contributed by atoms with Gasteiger partial charge in [-0.2, -0.15) is 0 Å². The van der Waals surface area contributed by atoms with Crippen LogP contribution >= 0.6 is 11.3 Å². The molecule has 0 aliphatic heterocycles. The average molecular weight is 181 g/mol. The Hall–Kier alpha value is -0.340. The van der Waals surface area contributed by atoms with Gasteiger partial charge in [-0.15, -0.1) is 11.3 Å². The molecular weight excluding hydrogens is 166 g/mol. The van der Waals surface area contributed by atoms with Gasteiger partial charge < -0.3 is 5.73 Å². The van der Waals surface area contributed by atoms with E-state index in [4.69, 9.17) is 5.73 Å². The van der Waals surface area contributed by atoms with Crippen LogP contribution in [0.2, 0.25) is 0 Å². The molecule has 2 rings (SSSR count). The standard InChI is InChI=1S/C10H15NS/c11-10(8-3-1-4-8)7-9-5-2-6-12-9/h2,5-6,8,10H,1,3-4,7,11H2. The van der Waals surface area contributed by atoms with Crippen molar-refractivity contribution in [2.24, 2.45) is 11.7 Å². The predicted octanol–water partition coefficient (Wildman–Crippen LogP) is 2.42. The van der Waals surface area contributed by atoms with E-state index in [2.05, 4.69) is 17.5 Å². The van der Waals surface area contributed by atoms with Crippen LogP contribution in [0.3, 0.4) is 0 Å². The number of hydrogen-bond acceptors (Lipinski definition) is 2. The average Bonchev–Trinajstić information content (AvgIpc) is 2.34. The van der Waals surface area contributed by atoms with Crippen LogP contribution in [0.4, 0.5) is 0 Å². The Labute approximate surface area is 77.6 Å². The SMILES string of the molecule is NC(Cc1cccs1)C1CCC1. The van der Waals surface area contributed by atoms with Gasteiger partial charge in [-0.05, 0) is 36.6 Å². The maximum atomic E-state index is 6.08. The normalized spacial score (nSPS) is 20.4. The number of rotatable bonds is 3. The molecule has 12 heavy (non-hydrogen) atoms. The highest BCUT2D eigenvalue weighted by Crippen LogP contribution is 2.30. The van der Waals surface area contributed by atoms with E-state index in [-0.39, 0.29) is 0 Å². The molecule has 2 heteroatoms. The predicted molar refractivity (Wildman–Crippen MR) is 53.3 cm³/mol. The van der Waals surface area contributed by atoms with Crippen LogP contribution in [0.25, 0.3) is 0 Å². The summed E-state index contributed by atoms with van der Waals surface area (Å²) in [5, 5.41) is 2.13. The van der Waals surface area contributed by atoms with Gasteiger partial charge in [0.05, 0.1) is 0 Å². The maximum absolute atomic E-state index is 6.08. The van der Waals surface area contributed by atoms with E-state index in [9.17, 15) is 0 Å². The Kier molecular flexibility index (Phi) is 2.47.